The molecule has 150 valence electrons. The van der Waals surface area contributed by atoms with Gasteiger partial charge in [-0.3, -0.25) is 0 Å². The molecule has 4 nitrogen and oxygen atoms in total. The van der Waals surface area contributed by atoms with Gasteiger partial charge in [-0.25, -0.2) is 0 Å². The maximum absolute atomic E-state index is 2.43. The summed E-state index contributed by atoms with van der Waals surface area (Å²) in [4.78, 5) is 9.53. The van der Waals surface area contributed by atoms with Crippen LogP contribution in [-0.4, -0.2) is 14.0 Å². The van der Waals surface area contributed by atoms with Gasteiger partial charge in [0.15, 0.2) is 0 Å². The average Bonchev–Trinajstić information content (AvgIpc) is 3.37. The van der Waals surface area contributed by atoms with Gasteiger partial charge in [0.1, 0.15) is 0 Å². The number of para-hydroxylation sites is 4. The van der Waals surface area contributed by atoms with Crippen LogP contribution in [0.5, 0.6) is 0 Å². The summed E-state index contributed by atoms with van der Waals surface area (Å²) < 4.78 is 0. The Kier molecular flexibility index (Phi) is 3.70. The molecule has 0 unspecified atom stereocenters. The molecule has 0 N–H and O–H groups in total. The van der Waals surface area contributed by atoms with Gasteiger partial charge >= 0.3 is 14.0 Å². The molecule has 0 fully saturated rings. The monoisotopic (exact) mass is 410 g/mol. The standard InChI is InChI=1S/C26H20B2N4/c1-3-14-25-23(12-1)29-18-7-5-16-27(29)31(25)21-10-9-11-22(20-21)32-26-15-4-2-13-24(26)30-19-8-6-17-28(30)32/h1-20H. The first-order valence-electron chi connectivity index (χ1n) is 11.0. The van der Waals surface area contributed by atoms with Crippen LogP contribution in [0.1, 0.15) is 0 Å². The molecule has 6 heteroatoms. The lowest BCUT2D eigenvalue weighted by Gasteiger charge is -2.30. The Hall–Kier alpha value is -4.05. The molecule has 3 aromatic rings. The van der Waals surface area contributed by atoms with E-state index in [9.17, 15) is 0 Å². The molecular weight excluding hydrogens is 390 g/mol. The summed E-state index contributed by atoms with van der Waals surface area (Å²) in [6.45, 7) is 0.292. The number of benzene rings is 3. The molecule has 0 amide bonds. The van der Waals surface area contributed by atoms with Crippen molar-refractivity contribution in [2.75, 3.05) is 19.2 Å². The van der Waals surface area contributed by atoms with Crippen molar-refractivity contribution in [2.24, 2.45) is 0 Å². The Morgan fingerprint density at radius 1 is 0.469 bits per heavy atom. The second-order valence-electron chi connectivity index (χ2n) is 8.33. The van der Waals surface area contributed by atoms with Gasteiger partial charge in [-0.2, -0.15) is 0 Å². The molecule has 4 heterocycles. The number of rotatable bonds is 2. The van der Waals surface area contributed by atoms with Gasteiger partial charge in [-0.05, 0) is 67.0 Å². The van der Waals surface area contributed by atoms with Crippen molar-refractivity contribution in [3.63, 3.8) is 0 Å². The van der Waals surface area contributed by atoms with Gasteiger partial charge in [0.25, 0.3) is 0 Å². The van der Waals surface area contributed by atoms with Crippen LogP contribution in [0.4, 0.5) is 34.1 Å². The zero-order chi connectivity index (χ0) is 21.1. The molecule has 3 aromatic carbocycles. The summed E-state index contributed by atoms with van der Waals surface area (Å²) >= 11 is 0. The number of allylic oxidation sites excluding steroid dienone is 4. The van der Waals surface area contributed by atoms with Crippen LogP contribution in [0.25, 0.3) is 0 Å². The third-order valence-corrected chi connectivity index (χ3v) is 6.61. The van der Waals surface area contributed by atoms with Crippen LogP contribution in [0.3, 0.4) is 0 Å². The highest BCUT2D eigenvalue weighted by Gasteiger charge is 2.41. The summed E-state index contributed by atoms with van der Waals surface area (Å²) in [7, 11) is 0. The van der Waals surface area contributed by atoms with E-state index in [2.05, 4.69) is 141 Å². The zero-order valence-electron chi connectivity index (χ0n) is 17.5. The van der Waals surface area contributed by atoms with Crippen LogP contribution in [-0.2, 0) is 0 Å². The maximum atomic E-state index is 2.43. The molecule has 0 aliphatic carbocycles. The fourth-order valence-electron chi connectivity index (χ4n) is 5.27. The first kappa shape index (κ1) is 17.6. The summed E-state index contributed by atoms with van der Waals surface area (Å²) in [5.74, 6) is 4.52. The molecule has 0 saturated carbocycles. The first-order valence-corrected chi connectivity index (χ1v) is 11.0. The summed E-state index contributed by atoms with van der Waals surface area (Å²) in [6, 6.07) is 26.2. The van der Waals surface area contributed by atoms with Crippen molar-refractivity contribution in [1.82, 2.24) is 0 Å². The van der Waals surface area contributed by atoms with E-state index in [-0.39, 0.29) is 14.0 Å². The van der Waals surface area contributed by atoms with Crippen LogP contribution in [0.15, 0.2) is 121 Å². The van der Waals surface area contributed by atoms with Crippen LogP contribution in [0.2, 0.25) is 0 Å². The van der Waals surface area contributed by atoms with E-state index in [1.807, 2.05) is 0 Å². The molecule has 0 bridgehead atoms. The molecule has 0 radical (unpaired) electrons. The third kappa shape index (κ3) is 2.41. The summed E-state index contributed by atoms with van der Waals surface area (Å²) in [5.41, 5.74) is 7.31. The number of nitrogens with zero attached hydrogens (tertiary/aromatic N) is 4. The molecule has 0 aromatic heterocycles. The largest absolute Gasteiger partial charge is 0.412 e. The fourth-order valence-corrected chi connectivity index (χ4v) is 5.27. The molecular formula is C26H20B2N4. The highest BCUT2D eigenvalue weighted by atomic mass is 15.3. The van der Waals surface area contributed by atoms with E-state index in [0.29, 0.717) is 0 Å². The van der Waals surface area contributed by atoms with Crippen LogP contribution in [0, 0.1) is 0 Å². The Bertz CT molecular complexity index is 1250. The molecule has 7 rings (SSSR count). The normalized spacial score (nSPS) is 17.1. The van der Waals surface area contributed by atoms with Gasteiger partial charge in [0.2, 0.25) is 0 Å². The number of anilines is 6. The van der Waals surface area contributed by atoms with E-state index < -0.39 is 0 Å². The van der Waals surface area contributed by atoms with Gasteiger partial charge in [-0.15, -0.1) is 0 Å². The first-order chi connectivity index (χ1) is 15.9. The number of hydrogen-bond acceptors (Lipinski definition) is 4. The van der Waals surface area contributed by atoms with Gasteiger partial charge < -0.3 is 19.2 Å². The molecule has 4 aliphatic heterocycles. The SMILES string of the molecule is C1=CB2N(C=C1)c1ccccc1N2c1cccc(N2B3C=CC=CN3c3ccccc32)c1. The summed E-state index contributed by atoms with van der Waals surface area (Å²) in [5, 5.41) is 0. The van der Waals surface area contributed by atoms with Crippen molar-refractivity contribution < 1.29 is 0 Å². The maximum Gasteiger partial charge on any atom is 0.412 e. The summed E-state index contributed by atoms with van der Waals surface area (Å²) in [6.07, 6.45) is 12.8. The Morgan fingerprint density at radius 2 is 0.938 bits per heavy atom. The van der Waals surface area contributed by atoms with Gasteiger partial charge in [-0.1, -0.05) is 54.4 Å². The van der Waals surface area contributed by atoms with Gasteiger partial charge in [0.05, 0.1) is 22.7 Å². The van der Waals surface area contributed by atoms with Crippen LogP contribution >= 0.6 is 0 Å². The lowest BCUT2D eigenvalue weighted by Crippen LogP contribution is -2.43. The molecule has 32 heavy (non-hydrogen) atoms. The Labute approximate surface area is 188 Å². The average molecular weight is 410 g/mol. The zero-order valence-corrected chi connectivity index (χ0v) is 17.5. The quantitative estimate of drug-likeness (QED) is 0.494. The van der Waals surface area contributed by atoms with Crippen molar-refractivity contribution in [3.05, 3.63) is 121 Å². The van der Waals surface area contributed by atoms with Crippen molar-refractivity contribution in [2.45, 2.75) is 0 Å². The minimum atomic E-state index is 0.146. The van der Waals surface area contributed by atoms with Gasteiger partial charge in [0, 0.05) is 11.4 Å². The molecule has 0 saturated heterocycles. The van der Waals surface area contributed by atoms with E-state index >= 15 is 0 Å². The predicted octanol–water partition coefficient (Wildman–Crippen LogP) is 5.82. The molecule has 0 atom stereocenters. The minimum Gasteiger partial charge on any atom is -0.367 e. The molecule has 4 aliphatic rings. The number of hydrogen-bond donors (Lipinski definition) is 0. The second kappa shape index (κ2) is 6.72. The van der Waals surface area contributed by atoms with Crippen LogP contribution < -0.4 is 19.2 Å². The smallest absolute Gasteiger partial charge is 0.367 e. The highest BCUT2D eigenvalue weighted by Crippen LogP contribution is 2.47. The number of fused-ring (bicyclic) bond motifs is 6. The predicted molar refractivity (Wildman–Crippen MR) is 137 cm³/mol. The van der Waals surface area contributed by atoms with E-state index in [1.54, 1.807) is 0 Å². The van der Waals surface area contributed by atoms with Crippen molar-refractivity contribution in [1.29, 1.82) is 0 Å². The third-order valence-electron chi connectivity index (χ3n) is 6.61. The Balaban J connectivity index is 1.35. The Morgan fingerprint density at radius 3 is 1.44 bits per heavy atom. The van der Waals surface area contributed by atoms with E-state index in [1.165, 1.54) is 34.1 Å². The topological polar surface area (TPSA) is 13.0 Å². The minimum absolute atomic E-state index is 0.146. The van der Waals surface area contributed by atoms with E-state index in [4.69, 9.17) is 0 Å². The molecule has 0 spiro atoms. The van der Waals surface area contributed by atoms with Crippen molar-refractivity contribution >= 4 is 48.1 Å². The van der Waals surface area contributed by atoms with Crippen molar-refractivity contribution in [3.8, 4) is 0 Å². The van der Waals surface area contributed by atoms with E-state index in [0.717, 1.165) is 0 Å². The fraction of sp³-hybridized carbons (Fsp3) is 0. The lowest BCUT2D eigenvalue weighted by atomic mass is 9.70. The highest BCUT2D eigenvalue weighted by molar-refractivity contribution is 6.77. The second-order valence-corrected chi connectivity index (χ2v) is 8.33. The lowest BCUT2D eigenvalue weighted by molar-refractivity contribution is 1.36.